The van der Waals surface area contributed by atoms with Crippen LogP contribution in [-0.2, 0) is 7.05 Å². The second-order valence-corrected chi connectivity index (χ2v) is 6.41. The quantitative estimate of drug-likeness (QED) is 0.793. The van der Waals surface area contributed by atoms with Crippen LogP contribution < -0.4 is 5.32 Å². The molecule has 1 heterocycles. The molecule has 0 aliphatic heterocycles. The van der Waals surface area contributed by atoms with Gasteiger partial charge in [0.2, 0.25) is 0 Å². The Labute approximate surface area is 142 Å². The molecule has 1 N–H and O–H groups in total. The number of nitrogens with zero attached hydrogens (tertiary/aromatic N) is 2. The highest BCUT2D eigenvalue weighted by atomic mass is 16.1. The summed E-state index contributed by atoms with van der Waals surface area (Å²) in [6.07, 6.45) is 0. The fourth-order valence-electron chi connectivity index (χ4n) is 3.06. The van der Waals surface area contributed by atoms with Crippen LogP contribution in [0.4, 0.5) is 0 Å². The Morgan fingerprint density at radius 1 is 1.17 bits per heavy atom. The lowest BCUT2D eigenvalue weighted by atomic mass is 9.98. The first-order valence-electron chi connectivity index (χ1n) is 8.18. The average Bonchev–Trinajstić information content (AvgIpc) is 2.84. The molecule has 0 fully saturated rings. The van der Waals surface area contributed by atoms with Gasteiger partial charge >= 0.3 is 0 Å². The topological polar surface area (TPSA) is 46.9 Å². The van der Waals surface area contributed by atoms with E-state index in [0.717, 1.165) is 22.4 Å². The van der Waals surface area contributed by atoms with Crippen molar-refractivity contribution < 1.29 is 4.79 Å². The van der Waals surface area contributed by atoms with E-state index in [1.165, 1.54) is 11.1 Å². The van der Waals surface area contributed by atoms with Gasteiger partial charge in [0.1, 0.15) is 5.82 Å². The fraction of sp³-hybridized carbons (Fsp3) is 0.300. The van der Waals surface area contributed by atoms with Crippen LogP contribution in [0.3, 0.4) is 0 Å². The largest absolute Gasteiger partial charge is 0.346 e. The first-order chi connectivity index (χ1) is 11.4. The van der Waals surface area contributed by atoms with E-state index in [4.69, 9.17) is 0 Å². The van der Waals surface area contributed by atoms with Crippen LogP contribution in [0.2, 0.25) is 0 Å². The number of fused-ring (bicyclic) bond motifs is 1. The highest BCUT2D eigenvalue weighted by Crippen LogP contribution is 2.21. The van der Waals surface area contributed by atoms with Crippen LogP contribution in [0.25, 0.3) is 11.0 Å². The molecule has 0 radical (unpaired) electrons. The van der Waals surface area contributed by atoms with E-state index < -0.39 is 0 Å². The van der Waals surface area contributed by atoms with E-state index in [9.17, 15) is 4.79 Å². The van der Waals surface area contributed by atoms with Crippen molar-refractivity contribution in [3.63, 3.8) is 0 Å². The molecule has 0 bridgehead atoms. The van der Waals surface area contributed by atoms with E-state index >= 15 is 0 Å². The number of hydrogen-bond acceptors (Lipinski definition) is 2. The van der Waals surface area contributed by atoms with Gasteiger partial charge in [0.15, 0.2) is 0 Å². The third-order valence-electron chi connectivity index (χ3n) is 4.83. The average molecular weight is 321 g/mol. The molecule has 1 amide bonds. The molecule has 1 aromatic heterocycles. The van der Waals surface area contributed by atoms with Crippen LogP contribution in [-0.4, -0.2) is 15.5 Å². The van der Waals surface area contributed by atoms with Crippen LogP contribution in [0, 0.1) is 20.8 Å². The number of amides is 1. The van der Waals surface area contributed by atoms with Crippen LogP contribution in [0.15, 0.2) is 36.4 Å². The maximum atomic E-state index is 12.6. The highest BCUT2D eigenvalue weighted by molar-refractivity contribution is 5.97. The summed E-state index contributed by atoms with van der Waals surface area (Å²) in [5.41, 5.74) is 6.13. The molecule has 0 saturated heterocycles. The minimum absolute atomic E-state index is 0.0430. The zero-order chi connectivity index (χ0) is 17.4. The Hall–Kier alpha value is -2.62. The van der Waals surface area contributed by atoms with Gasteiger partial charge in [0.25, 0.3) is 5.91 Å². The second-order valence-electron chi connectivity index (χ2n) is 6.41. The molecule has 24 heavy (non-hydrogen) atoms. The third kappa shape index (κ3) is 2.80. The van der Waals surface area contributed by atoms with Crippen molar-refractivity contribution in [1.29, 1.82) is 0 Å². The highest BCUT2D eigenvalue weighted by Gasteiger charge is 2.15. The first-order valence-corrected chi connectivity index (χ1v) is 8.18. The number of benzene rings is 2. The van der Waals surface area contributed by atoms with Crippen molar-refractivity contribution in [2.75, 3.05) is 0 Å². The van der Waals surface area contributed by atoms with Gasteiger partial charge in [-0.1, -0.05) is 18.2 Å². The van der Waals surface area contributed by atoms with Gasteiger partial charge in [0, 0.05) is 12.6 Å². The molecule has 124 valence electrons. The van der Waals surface area contributed by atoms with Crippen LogP contribution in [0.5, 0.6) is 0 Å². The Kier molecular flexibility index (Phi) is 4.14. The van der Waals surface area contributed by atoms with Gasteiger partial charge in [-0.25, -0.2) is 4.98 Å². The number of carbonyl (C=O) groups is 1. The van der Waals surface area contributed by atoms with Crippen molar-refractivity contribution in [1.82, 2.24) is 14.9 Å². The molecule has 0 spiro atoms. The van der Waals surface area contributed by atoms with Crippen molar-refractivity contribution >= 4 is 16.9 Å². The van der Waals surface area contributed by atoms with Crippen molar-refractivity contribution in [2.45, 2.75) is 33.7 Å². The zero-order valence-corrected chi connectivity index (χ0v) is 14.8. The van der Waals surface area contributed by atoms with E-state index in [1.807, 2.05) is 49.7 Å². The number of aromatic nitrogens is 2. The van der Waals surface area contributed by atoms with Gasteiger partial charge in [-0.15, -0.1) is 0 Å². The lowest BCUT2D eigenvalue weighted by Gasteiger charge is -2.18. The third-order valence-corrected chi connectivity index (χ3v) is 4.83. The van der Waals surface area contributed by atoms with Crippen molar-refractivity contribution in [3.05, 3.63) is 64.5 Å². The lowest BCUT2D eigenvalue weighted by molar-refractivity contribution is 0.0940. The minimum atomic E-state index is -0.0754. The predicted octanol–water partition coefficient (Wildman–Crippen LogP) is 3.99. The summed E-state index contributed by atoms with van der Waals surface area (Å²) in [4.78, 5) is 17.1. The molecular weight excluding hydrogens is 298 g/mol. The minimum Gasteiger partial charge on any atom is -0.346 e. The Morgan fingerprint density at radius 3 is 2.67 bits per heavy atom. The summed E-state index contributed by atoms with van der Waals surface area (Å²) >= 11 is 0. The Balaban J connectivity index is 1.85. The SMILES string of the molecule is Cc1cccc(C(C)NC(=O)c2ccc3c(c2)nc(C)n3C)c1C. The number of rotatable bonds is 3. The van der Waals surface area contributed by atoms with E-state index in [1.54, 1.807) is 0 Å². The normalized spacial score (nSPS) is 12.4. The predicted molar refractivity (Wildman–Crippen MR) is 97.2 cm³/mol. The summed E-state index contributed by atoms with van der Waals surface area (Å²) in [5.74, 6) is 0.861. The van der Waals surface area contributed by atoms with E-state index in [0.29, 0.717) is 5.56 Å². The standard InChI is InChI=1S/C20H23N3O/c1-12-7-6-8-17(13(12)2)14(3)21-20(24)16-9-10-19-18(11-16)22-15(4)23(19)5/h6-11,14H,1-5H3,(H,21,24). The van der Waals surface area contributed by atoms with Crippen LogP contribution in [0.1, 0.15) is 45.8 Å². The van der Waals surface area contributed by atoms with Crippen LogP contribution >= 0.6 is 0 Å². The summed E-state index contributed by atoms with van der Waals surface area (Å²) in [6.45, 7) is 8.16. The van der Waals surface area contributed by atoms with E-state index in [2.05, 4.69) is 36.3 Å². The van der Waals surface area contributed by atoms with Gasteiger partial charge in [-0.05, 0) is 62.6 Å². The number of carbonyl (C=O) groups excluding carboxylic acids is 1. The number of hydrogen-bond donors (Lipinski definition) is 1. The smallest absolute Gasteiger partial charge is 0.251 e. The number of aryl methyl sites for hydroxylation is 3. The zero-order valence-electron chi connectivity index (χ0n) is 14.8. The maximum absolute atomic E-state index is 12.6. The second kappa shape index (κ2) is 6.11. The van der Waals surface area contributed by atoms with Gasteiger partial charge < -0.3 is 9.88 Å². The fourth-order valence-corrected chi connectivity index (χ4v) is 3.06. The molecule has 4 heteroatoms. The monoisotopic (exact) mass is 321 g/mol. The van der Waals surface area contributed by atoms with Gasteiger partial charge in [-0.3, -0.25) is 4.79 Å². The summed E-state index contributed by atoms with van der Waals surface area (Å²) in [7, 11) is 1.98. The Morgan fingerprint density at radius 2 is 1.92 bits per heavy atom. The summed E-state index contributed by atoms with van der Waals surface area (Å²) in [5, 5.41) is 3.09. The Bertz CT molecular complexity index is 924. The molecule has 1 atom stereocenters. The summed E-state index contributed by atoms with van der Waals surface area (Å²) < 4.78 is 2.02. The lowest BCUT2D eigenvalue weighted by Crippen LogP contribution is -2.27. The number of imidazole rings is 1. The van der Waals surface area contributed by atoms with Crippen molar-refractivity contribution in [3.8, 4) is 0 Å². The van der Waals surface area contributed by atoms with Crippen molar-refractivity contribution in [2.24, 2.45) is 7.05 Å². The molecule has 3 aromatic rings. The molecule has 0 saturated carbocycles. The molecule has 3 rings (SSSR count). The maximum Gasteiger partial charge on any atom is 0.251 e. The molecular formula is C20H23N3O. The molecule has 1 unspecified atom stereocenters. The first kappa shape index (κ1) is 16.2. The number of nitrogens with one attached hydrogen (secondary N) is 1. The molecule has 0 aliphatic carbocycles. The summed E-state index contributed by atoms with van der Waals surface area (Å²) in [6, 6.07) is 11.8. The van der Waals surface area contributed by atoms with E-state index in [-0.39, 0.29) is 11.9 Å². The molecule has 2 aromatic carbocycles. The van der Waals surface area contributed by atoms with Gasteiger partial charge in [-0.2, -0.15) is 0 Å². The van der Waals surface area contributed by atoms with Gasteiger partial charge in [0.05, 0.1) is 17.1 Å². The molecule has 0 aliphatic rings. The molecule has 4 nitrogen and oxygen atoms in total.